The van der Waals surface area contributed by atoms with Crippen molar-refractivity contribution in [2.24, 2.45) is 0 Å². The summed E-state index contributed by atoms with van der Waals surface area (Å²) < 4.78 is 5.69. The van der Waals surface area contributed by atoms with E-state index in [-0.39, 0.29) is 18.0 Å². The van der Waals surface area contributed by atoms with Gasteiger partial charge in [-0.05, 0) is 26.8 Å². The van der Waals surface area contributed by atoms with Crippen molar-refractivity contribution in [2.45, 2.75) is 39.2 Å². The Hall–Kier alpha value is -2.08. The van der Waals surface area contributed by atoms with Gasteiger partial charge in [0.1, 0.15) is 5.75 Å². The third-order valence-electron chi connectivity index (χ3n) is 4.34. The summed E-state index contributed by atoms with van der Waals surface area (Å²) in [5.41, 5.74) is 2.23. The molecule has 0 aliphatic carbocycles. The number of para-hydroxylation sites is 1. The summed E-state index contributed by atoms with van der Waals surface area (Å²) in [4.78, 5) is 17.8. The van der Waals surface area contributed by atoms with Gasteiger partial charge in [0.2, 0.25) is 0 Å². The van der Waals surface area contributed by atoms with Crippen molar-refractivity contribution in [3.05, 3.63) is 45.4 Å². The molecule has 1 aliphatic heterocycles. The number of nitrogens with zero attached hydrogens (tertiary/aromatic N) is 1. The number of urea groups is 1. The largest absolute Gasteiger partial charge is 0.493 e. The van der Waals surface area contributed by atoms with Crippen molar-refractivity contribution in [3.63, 3.8) is 0 Å². The van der Waals surface area contributed by atoms with Gasteiger partial charge in [0.05, 0.1) is 17.3 Å². The SMILES string of the molecule is Cc1nc(C)c(CCNC(=O)NC(C)C2COc3ccccc32)s1. The van der Waals surface area contributed by atoms with E-state index in [9.17, 15) is 4.79 Å². The van der Waals surface area contributed by atoms with Gasteiger partial charge in [-0.1, -0.05) is 18.2 Å². The minimum absolute atomic E-state index is 0.0148. The topological polar surface area (TPSA) is 63.2 Å². The van der Waals surface area contributed by atoms with Crippen molar-refractivity contribution in [2.75, 3.05) is 13.2 Å². The Morgan fingerprint density at radius 3 is 2.96 bits per heavy atom. The predicted molar refractivity (Wildman–Crippen MR) is 96.0 cm³/mol. The molecule has 0 saturated carbocycles. The number of carbonyl (C=O) groups is 1. The number of carbonyl (C=O) groups excluding carboxylic acids is 1. The Morgan fingerprint density at radius 1 is 1.42 bits per heavy atom. The first kappa shape index (κ1) is 16.8. The molecular weight excluding hydrogens is 322 g/mol. The van der Waals surface area contributed by atoms with Gasteiger partial charge in [-0.3, -0.25) is 0 Å². The molecule has 2 aromatic rings. The summed E-state index contributed by atoms with van der Waals surface area (Å²) in [5.74, 6) is 1.12. The highest BCUT2D eigenvalue weighted by atomic mass is 32.1. The zero-order valence-electron chi connectivity index (χ0n) is 14.3. The molecule has 128 valence electrons. The molecule has 6 heteroatoms. The summed E-state index contributed by atoms with van der Waals surface area (Å²) in [7, 11) is 0. The van der Waals surface area contributed by atoms with E-state index in [1.807, 2.05) is 39.0 Å². The molecule has 1 aliphatic rings. The summed E-state index contributed by atoms with van der Waals surface area (Å²) >= 11 is 1.69. The van der Waals surface area contributed by atoms with E-state index in [0.29, 0.717) is 13.2 Å². The van der Waals surface area contributed by atoms with Gasteiger partial charge in [0.25, 0.3) is 0 Å². The van der Waals surface area contributed by atoms with E-state index in [1.165, 1.54) is 10.4 Å². The van der Waals surface area contributed by atoms with Gasteiger partial charge in [-0.15, -0.1) is 11.3 Å². The number of fused-ring (bicyclic) bond motifs is 1. The number of aromatic nitrogens is 1. The monoisotopic (exact) mass is 345 g/mol. The van der Waals surface area contributed by atoms with Crippen molar-refractivity contribution < 1.29 is 9.53 Å². The first-order valence-electron chi connectivity index (χ1n) is 8.23. The Balaban J connectivity index is 1.48. The molecule has 2 heterocycles. The number of rotatable bonds is 5. The zero-order valence-corrected chi connectivity index (χ0v) is 15.1. The van der Waals surface area contributed by atoms with Crippen LogP contribution >= 0.6 is 11.3 Å². The molecule has 5 nitrogen and oxygen atoms in total. The number of thiazole rings is 1. The van der Waals surface area contributed by atoms with Crippen LogP contribution in [0.5, 0.6) is 5.75 Å². The van der Waals surface area contributed by atoms with Crippen LogP contribution < -0.4 is 15.4 Å². The average molecular weight is 345 g/mol. The zero-order chi connectivity index (χ0) is 17.1. The molecule has 24 heavy (non-hydrogen) atoms. The molecule has 3 rings (SSSR count). The van der Waals surface area contributed by atoms with Crippen LogP contribution in [0.1, 0.15) is 34.0 Å². The van der Waals surface area contributed by atoms with E-state index in [0.717, 1.165) is 22.9 Å². The number of benzene rings is 1. The minimum atomic E-state index is -0.134. The Morgan fingerprint density at radius 2 is 2.21 bits per heavy atom. The van der Waals surface area contributed by atoms with Gasteiger partial charge >= 0.3 is 6.03 Å². The second kappa shape index (κ2) is 7.21. The molecule has 0 saturated heterocycles. The van der Waals surface area contributed by atoms with Gasteiger partial charge in [-0.25, -0.2) is 9.78 Å². The molecule has 0 spiro atoms. The van der Waals surface area contributed by atoms with Crippen LogP contribution in [-0.2, 0) is 6.42 Å². The minimum Gasteiger partial charge on any atom is -0.493 e. The standard InChI is InChI=1S/C18H23N3O2S/c1-11(15-10-23-16-7-5-4-6-14(15)16)21-18(22)19-9-8-17-12(2)20-13(3)24-17/h4-7,11,15H,8-10H2,1-3H3,(H2,19,21,22). The van der Waals surface area contributed by atoms with Crippen molar-refractivity contribution >= 4 is 17.4 Å². The third-order valence-corrected chi connectivity index (χ3v) is 5.47. The fraction of sp³-hybridized carbons (Fsp3) is 0.444. The summed E-state index contributed by atoms with van der Waals surface area (Å²) in [5, 5.41) is 7.03. The van der Waals surface area contributed by atoms with E-state index in [4.69, 9.17) is 4.74 Å². The van der Waals surface area contributed by atoms with Crippen LogP contribution in [0.15, 0.2) is 24.3 Å². The molecule has 0 bridgehead atoms. The lowest BCUT2D eigenvalue weighted by molar-refractivity contribution is 0.233. The second-order valence-corrected chi connectivity index (χ2v) is 7.42. The van der Waals surface area contributed by atoms with Crippen LogP contribution in [0.3, 0.4) is 0 Å². The molecule has 2 atom stereocenters. The molecule has 2 amide bonds. The quantitative estimate of drug-likeness (QED) is 0.875. The Kier molecular flexibility index (Phi) is 5.04. The molecule has 0 radical (unpaired) electrons. The van der Waals surface area contributed by atoms with E-state index in [1.54, 1.807) is 11.3 Å². The fourth-order valence-corrected chi connectivity index (χ4v) is 3.99. The molecule has 1 aromatic heterocycles. The highest BCUT2D eigenvalue weighted by molar-refractivity contribution is 7.11. The second-order valence-electron chi connectivity index (χ2n) is 6.14. The van der Waals surface area contributed by atoms with Gasteiger partial charge in [-0.2, -0.15) is 0 Å². The highest BCUT2D eigenvalue weighted by Crippen LogP contribution is 2.35. The molecular formula is C18H23N3O2S. The average Bonchev–Trinajstić information content (AvgIpc) is 3.10. The maximum absolute atomic E-state index is 12.1. The number of nitrogens with one attached hydrogen (secondary N) is 2. The van der Waals surface area contributed by atoms with Gasteiger partial charge < -0.3 is 15.4 Å². The van der Waals surface area contributed by atoms with Crippen LogP contribution in [0.2, 0.25) is 0 Å². The first-order chi connectivity index (χ1) is 11.5. The number of amides is 2. The first-order valence-corrected chi connectivity index (χ1v) is 9.05. The lowest BCUT2D eigenvalue weighted by atomic mass is 9.94. The van der Waals surface area contributed by atoms with Crippen molar-refractivity contribution in [1.29, 1.82) is 0 Å². The highest BCUT2D eigenvalue weighted by Gasteiger charge is 2.29. The van der Waals surface area contributed by atoms with Crippen LogP contribution in [0.4, 0.5) is 4.79 Å². The maximum Gasteiger partial charge on any atom is 0.315 e. The number of aryl methyl sites for hydroxylation is 2. The van der Waals surface area contributed by atoms with Crippen molar-refractivity contribution in [3.8, 4) is 5.75 Å². The summed E-state index contributed by atoms with van der Waals surface area (Å²) in [6.45, 7) is 7.26. The van der Waals surface area contributed by atoms with Crippen LogP contribution in [0, 0.1) is 13.8 Å². The molecule has 1 aromatic carbocycles. The van der Waals surface area contributed by atoms with E-state index in [2.05, 4.69) is 21.7 Å². The Bertz CT molecular complexity index is 729. The molecule has 2 unspecified atom stereocenters. The van der Waals surface area contributed by atoms with Crippen LogP contribution in [-0.4, -0.2) is 30.2 Å². The van der Waals surface area contributed by atoms with E-state index >= 15 is 0 Å². The Labute approximate surface area is 146 Å². The maximum atomic E-state index is 12.1. The van der Waals surface area contributed by atoms with Gasteiger partial charge in [0.15, 0.2) is 0 Å². The van der Waals surface area contributed by atoms with Crippen LogP contribution in [0.25, 0.3) is 0 Å². The fourth-order valence-electron chi connectivity index (χ4n) is 3.05. The normalized spacial score (nSPS) is 17.0. The summed E-state index contributed by atoms with van der Waals surface area (Å²) in [6, 6.07) is 7.90. The third kappa shape index (κ3) is 3.70. The molecule has 2 N–H and O–H groups in total. The number of hydrogen-bond acceptors (Lipinski definition) is 4. The lowest BCUT2D eigenvalue weighted by Crippen LogP contribution is -2.44. The smallest absolute Gasteiger partial charge is 0.315 e. The number of ether oxygens (including phenoxy) is 1. The number of hydrogen-bond donors (Lipinski definition) is 2. The lowest BCUT2D eigenvalue weighted by Gasteiger charge is -2.20. The van der Waals surface area contributed by atoms with Crippen molar-refractivity contribution in [1.82, 2.24) is 15.6 Å². The summed E-state index contributed by atoms with van der Waals surface area (Å²) in [6.07, 6.45) is 0.814. The predicted octanol–water partition coefficient (Wildman–Crippen LogP) is 3.17. The molecule has 0 fully saturated rings. The van der Waals surface area contributed by atoms with E-state index < -0.39 is 0 Å². The van der Waals surface area contributed by atoms with Gasteiger partial charge in [0, 0.05) is 35.4 Å².